The van der Waals surface area contributed by atoms with Crippen molar-refractivity contribution in [3.05, 3.63) is 57.6 Å². The van der Waals surface area contributed by atoms with Gasteiger partial charge in [0, 0.05) is 5.56 Å². The van der Waals surface area contributed by atoms with Crippen LogP contribution in [0.3, 0.4) is 0 Å². The lowest BCUT2D eigenvalue weighted by atomic mass is 9.87. The van der Waals surface area contributed by atoms with E-state index >= 15 is 0 Å². The second-order valence-electron chi connectivity index (χ2n) is 6.51. The zero-order valence-electron chi connectivity index (χ0n) is 13.5. The lowest BCUT2D eigenvalue weighted by Gasteiger charge is -2.18. The van der Waals surface area contributed by atoms with E-state index in [0.29, 0.717) is 26.3 Å². The fourth-order valence-corrected chi connectivity index (χ4v) is 3.71. The molecule has 2 aromatic carbocycles. The molecule has 1 aromatic heterocycles. The lowest BCUT2D eigenvalue weighted by molar-refractivity contribution is 0.102. The van der Waals surface area contributed by atoms with Crippen molar-refractivity contribution in [2.24, 2.45) is 0 Å². The van der Waals surface area contributed by atoms with Crippen LogP contribution in [0, 0.1) is 0 Å². The van der Waals surface area contributed by atoms with Gasteiger partial charge in [0.1, 0.15) is 5.52 Å². The smallest absolute Gasteiger partial charge is 0.257 e. The number of amides is 1. The molecule has 3 rings (SSSR count). The fourth-order valence-electron chi connectivity index (χ4n) is 2.29. The summed E-state index contributed by atoms with van der Waals surface area (Å²) in [7, 11) is 0. The Morgan fingerprint density at radius 2 is 1.67 bits per heavy atom. The third kappa shape index (κ3) is 3.41. The molecule has 6 heteroatoms. The van der Waals surface area contributed by atoms with Crippen LogP contribution < -0.4 is 5.32 Å². The topological polar surface area (TPSA) is 42.0 Å². The van der Waals surface area contributed by atoms with Crippen LogP contribution >= 0.6 is 34.5 Å². The van der Waals surface area contributed by atoms with Gasteiger partial charge >= 0.3 is 0 Å². The number of nitrogens with one attached hydrogen (secondary N) is 1. The first-order chi connectivity index (χ1) is 11.3. The standard InChI is InChI=1S/C18H16Cl2N2OS/c1-18(2,3)11-6-4-10(5-7-11)16(23)22-17-21-14-12(19)8-9-13(20)15(14)24-17/h4-9H,1-3H3,(H,21,22,23). The summed E-state index contributed by atoms with van der Waals surface area (Å²) in [5, 5.41) is 4.37. The molecule has 3 nitrogen and oxygen atoms in total. The summed E-state index contributed by atoms with van der Waals surface area (Å²) in [5.41, 5.74) is 2.42. The van der Waals surface area contributed by atoms with Gasteiger partial charge in [-0.25, -0.2) is 4.98 Å². The molecular formula is C18H16Cl2N2OS. The van der Waals surface area contributed by atoms with Gasteiger partial charge in [-0.15, -0.1) is 0 Å². The van der Waals surface area contributed by atoms with Crippen LogP contribution in [-0.4, -0.2) is 10.9 Å². The average Bonchev–Trinajstić information content (AvgIpc) is 2.95. The van der Waals surface area contributed by atoms with Gasteiger partial charge in [-0.1, -0.05) is 67.4 Å². The number of benzene rings is 2. The summed E-state index contributed by atoms with van der Waals surface area (Å²) >= 11 is 13.6. The number of rotatable bonds is 2. The Morgan fingerprint density at radius 1 is 1.04 bits per heavy atom. The van der Waals surface area contributed by atoms with E-state index in [1.807, 2.05) is 24.3 Å². The summed E-state index contributed by atoms with van der Waals surface area (Å²) in [4.78, 5) is 16.8. The Morgan fingerprint density at radius 3 is 2.25 bits per heavy atom. The summed E-state index contributed by atoms with van der Waals surface area (Å²) in [6.45, 7) is 6.41. The van der Waals surface area contributed by atoms with E-state index < -0.39 is 0 Å². The predicted molar refractivity (Wildman–Crippen MR) is 103 cm³/mol. The number of carbonyl (C=O) groups excluding carboxylic acids is 1. The highest BCUT2D eigenvalue weighted by atomic mass is 35.5. The number of fused-ring (bicyclic) bond motifs is 1. The molecule has 0 spiro atoms. The second-order valence-corrected chi connectivity index (χ2v) is 8.32. The highest BCUT2D eigenvalue weighted by molar-refractivity contribution is 7.23. The van der Waals surface area contributed by atoms with Crippen molar-refractivity contribution < 1.29 is 4.79 Å². The second kappa shape index (κ2) is 6.36. The SMILES string of the molecule is CC(C)(C)c1ccc(C(=O)Nc2nc3c(Cl)ccc(Cl)c3s2)cc1. The zero-order chi connectivity index (χ0) is 17.5. The summed E-state index contributed by atoms with van der Waals surface area (Å²) < 4.78 is 0.766. The summed E-state index contributed by atoms with van der Waals surface area (Å²) in [6.07, 6.45) is 0. The minimum absolute atomic E-state index is 0.0511. The molecule has 0 aliphatic rings. The Hall–Kier alpha value is -1.62. The number of thiazole rings is 1. The fraction of sp³-hybridized carbons (Fsp3) is 0.222. The molecule has 24 heavy (non-hydrogen) atoms. The zero-order valence-corrected chi connectivity index (χ0v) is 15.8. The van der Waals surface area contributed by atoms with Crippen molar-refractivity contribution >= 4 is 55.8 Å². The molecule has 0 aliphatic carbocycles. The van der Waals surface area contributed by atoms with Gasteiger partial charge < -0.3 is 0 Å². The first kappa shape index (κ1) is 17.2. The van der Waals surface area contributed by atoms with Crippen molar-refractivity contribution in [3.8, 4) is 0 Å². The highest BCUT2D eigenvalue weighted by Crippen LogP contribution is 2.36. The molecule has 0 atom stereocenters. The van der Waals surface area contributed by atoms with E-state index in [1.165, 1.54) is 16.9 Å². The average molecular weight is 379 g/mol. The maximum Gasteiger partial charge on any atom is 0.257 e. The Labute approximate surface area is 154 Å². The normalized spacial score (nSPS) is 11.7. The molecule has 0 saturated carbocycles. The van der Waals surface area contributed by atoms with E-state index in [4.69, 9.17) is 23.2 Å². The minimum atomic E-state index is -0.207. The summed E-state index contributed by atoms with van der Waals surface area (Å²) in [5.74, 6) is -0.207. The van der Waals surface area contributed by atoms with E-state index in [9.17, 15) is 4.79 Å². The number of hydrogen-bond acceptors (Lipinski definition) is 3. The van der Waals surface area contributed by atoms with Crippen LogP contribution in [0.25, 0.3) is 10.2 Å². The number of halogens is 2. The molecule has 0 radical (unpaired) electrons. The number of anilines is 1. The van der Waals surface area contributed by atoms with Crippen molar-refractivity contribution in [2.75, 3.05) is 5.32 Å². The van der Waals surface area contributed by atoms with Crippen LogP contribution in [0.1, 0.15) is 36.7 Å². The third-order valence-corrected chi connectivity index (χ3v) is 5.42. The van der Waals surface area contributed by atoms with Gasteiger partial charge in [-0.05, 0) is 35.2 Å². The molecule has 3 aromatic rings. The van der Waals surface area contributed by atoms with Gasteiger partial charge in [-0.3, -0.25) is 10.1 Å². The molecule has 0 bridgehead atoms. The van der Waals surface area contributed by atoms with Gasteiger partial charge in [0.05, 0.1) is 14.7 Å². The molecule has 0 aliphatic heterocycles. The molecule has 1 N–H and O–H groups in total. The van der Waals surface area contributed by atoms with E-state index in [0.717, 1.165) is 4.70 Å². The third-order valence-electron chi connectivity index (χ3n) is 3.68. The maximum absolute atomic E-state index is 12.4. The Bertz CT molecular complexity index is 872. The van der Waals surface area contributed by atoms with Crippen LogP contribution in [0.2, 0.25) is 10.0 Å². The maximum atomic E-state index is 12.4. The molecule has 0 fully saturated rings. The molecular weight excluding hydrogens is 363 g/mol. The molecule has 0 unspecified atom stereocenters. The number of aromatic nitrogens is 1. The van der Waals surface area contributed by atoms with Crippen LogP contribution in [0.5, 0.6) is 0 Å². The molecule has 1 amide bonds. The minimum Gasteiger partial charge on any atom is -0.298 e. The lowest BCUT2D eigenvalue weighted by Crippen LogP contribution is -2.14. The van der Waals surface area contributed by atoms with Crippen molar-refractivity contribution in [2.45, 2.75) is 26.2 Å². The van der Waals surface area contributed by atoms with Crippen molar-refractivity contribution in [1.82, 2.24) is 4.98 Å². The number of nitrogens with zero attached hydrogens (tertiary/aromatic N) is 1. The largest absolute Gasteiger partial charge is 0.298 e. The van der Waals surface area contributed by atoms with E-state index in [-0.39, 0.29) is 11.3 Å². The quantitative estimate of drug-likeness (QED) is 0.580. The van der Waals surface area contributed by atoms with Gasteiger partial charge in [0.15, 0.2) is 5.13 Å². The van der Waals surface area contributed by atoms with Crippen molar-refractivity contribution in [3.63, 3.8) is 0 Å². The van der Waals surface area contributed by atoms with Crippen molar-refractivity contribution in [1.29, 1.82) is 0 Å². The predicted octanol–water partition coefficient (Wildman–Crippen LogP) is 6.15. The molecule has 124 valence electrons. The van der Waals surface area contributed by atoms with Crippen LogP contribution in [0.4, 0.5) is 5.13 Å². The van der Waals surface area contributed by atoms with Gasteiger partial charge in [-0.2, -0.15) is 0 Å². The van der Waals surface area contributed by atoms with E-state index in [1.54, 1.807) is 12.1 Å². The Balaban J connectivity index is 1.85. The highest BCUT2D eigenvalue weighted by Gasteiger charge is 2.16. The summed E-state index contributed by atoms with van der Waals surface area (Å²) in [6, 6.07) is 11.0. The molecule has 0 saturated heterocycles. The first-order valence-electron chi connectivity index (χ1n) is 7.42. The number of carbonyl (C=O) groups is 1. The Kier molecular flexibility index (Phi) is 4.56. The molecule has 1 heterocycles. The van der Waals surface area contributed by atoms with E-state index in [2.05, 4.69) is 31.1 Å². The monoisotopic (exact) mass is 378 g/mol. The van der Waals surface area contributed by atoms with Crippen LogP contribution in [0.15, 0.2) is 36.4 Å². The van der Waals surface area contributed by atoms with Crippen LogP contribution in [-0.2, 0) is 5.41 Å². The number of hydrogen-bond donors (Lipinski definition) is 1. The first-order valence-corrected chi connectivity index (χ1v) is 8.99. The van der Waals surface area contributed by atoms with Gasteiger partial charge in [0.2, 0.25) is 0 Å². The van der Waals surface area contributed by atoms with Gasteiger partial charge in [0.25, 0.3) is 5.91 Å².